The van der Waals surface area contributed by atoms with Gasteiger partial charge in [0.25, 0.3) is 0 Å². The Morgan fingerprint density at radius 3 is 2.65 bits per heavy atom. The Morgan fingerprint density at radius 1 is 1.35 bits per heavy atom. The van der Waals surface area contributed by atoms with Crippen molar-refractivity contribution in [3.05, 3.63) is 16.1 Å². The van der Waals surface area contributed by atoms with Crippen LogP contribution in [0.5, 0.6) is 0 Å². The molecule has 2 N–H and O–H groups in total. The highest BCUT2D eigenvalue weighted by Crippen LogP contribution is 2.23. The fourth-order valence-electron chi connectivity index (χ4n) is 3.07. The van der Waals surface area contributed by atoms with Gasteiger partial charge in [-0.15, -0.1) is 11.3 Å². The minimum Gasteiger partial charge on any atom is -0.356 e. The predicted molar refractivity (Wildman–Crippen MR) is 99.5 cm³/mol. The van der Waals surface area contributed by atoms with Crippen LogP contribution in [-0.4, -0.2) is 55.2 Å². The number of rotatable bonds is 7. The summed E-state index contributed by atoms with van der Waals surface area (Å²) in [5.74, 6) is 1.20. The average molecular weight is 392 g/mol. The van der Waals surface area contributed by atoms with Gasteiger partial charge < -0.3 is 10.6 Å². The van der Waals surface area contributed by atoms with Crippen LogP contribution in [0.2, 0.25) is 0 Å². The number of thiazole rings is 1. The van der Waals surface area contributed by atoms with E-state index >= 15 is 0 Å². The molecule has 1 aliphatic heterocycles. The van der Waals surface area contributed by atoms with Gasteiger partial charge in [0.15, 0.2) is 5.96 Å². The van der Waals surface area contributed by atoms with Crippen LogP contribution in [-0.2, 0) is 13.0 Å². The van der Waals surface area contributed by atoms with Crippen LogP contribution in [0, 0.1) is 5.92 Å². The fourth-order valence-corrected chi connectivity index (χ4v) is 3.81. The summed E-state index contributed by atoms with van der Waals surface area (Å²) in [6.45, 7) is 3.75. The number of aliphatic imine (C=N–C) groups is 1. The first-order valence-electron chi connectivity index (χ1n) is 9.06. The topological polar surface area (TPSA) is 52.6 Å². The molecule has 0 radical (unpaired) electrons. The van der Waals surface area contributed by atoms with Gasteiger partial charge in [-0.2, -0.15) is 13.2 Å². The van der Waals surface area contributed by atoms with Crippen molar-refractivity contribution in [2.75, 3.05) is 33.2 Å². The van der Waals surface area contributed by atoms with Crippen LogP contribution in [0.15, 0.2) is 10.4 Å². The van der Waals surface area contributed by atoms with Gasteiger partial charge in [-0.05, 0) is 44.7 Å². The van der Waals surface area contributed by atoms with Crippen molar-refractivity contribution >= 4 is 17.3 Å². The quantitative estimate of drug-likeness (QED) is 0.554. The standard InChI is InChI=1S/C17H28F3N5S/c1-3-15-24-14(11-26-15)10-23-16(21-2)22-7-4-13-5-8-25(9-6-13)12-17(18,19)20/h11,13H,3-10,12H2,1-2H3,(H2,21,22,23). The number of piperidine rings is 1. The Bertz CT molecular complexity index is 565. The van der Waals surface area contributed by atoms with Crippen LogP contribution < -0.4 is 10.6 Å². The number of nitrogens with one attached hydrogen (secondary N) is 2. The Balaban J connectivity index is 1.62. The molecule has 0 bridgehead atoms. The van der Waals surface area contributed by atoms with Crippen LogP contribution in [0.25, 0.3) is 0 Å². The predicted octanol–water partition coefficient (Wildman–Crippen LogP) is 3.03. The molecule has 1 aromatic rings. The first-order valence-corrected chi connectivity index (χ1v) is 9.94. The number of aromatic nitrogens is 1. The third-order valence-electron chi connectivity index (χ3n) is 4.52. The second-order valence-corrected chi connectivity index (χ2v) is 7.50. The number of aryl methyl sites for hydroxylation is 1. The number of halogens is 3. The summed E-state index contributed by atoms with van der Waals surface area (Å²) < 4.78 is 37.2. The van der Waals surface area contributed by atoms with Crippen molar-refractivity contribution in [2.24, 2.45) is 10.9 Å². The van der Waals surface area contributed by atoms with E-state index in [4.69, 9.17) is 0 Å². The monoisotopic (exact) mass is 391 g/mol. The van der Waals surface area contributed by atoms with Crippen molar-refractivity contribution in [3.8, 4) is 0 Å². The smallest absolute Gasteiger partial charge is 0.356 e. The van der Waals surface area contributed by atoms with E-state index < -0.39 is 12.7 Å². The first-order chi connectivity index (χ1) is 12.4. The average Bonchev–Trinajstić information content (AvgIpc) is 3.06. The van der Waals surface area contributed by atoms with E-state index in [1.165, 1.54) is 4.90 Å². The van der Waals surface area contributed by atoms with E-state index in [9.17, 15) is 13.2 Å². The molecular formula is C17H28F3N5S. The molecule has 0 amide bonds. The molecule has 1 aromatic heterocycles. The molecule has 1 saturated heterocycles. The summed E-state index contributed by atoms with van der Waals surface area (Å²) in [7, 11) is 1.73. The number of guanidine groups is 1. The molecular weight excluding hydrogens is 363 g/mol. The molecule has 148 valence electrons. The number of hydrogen-bond donors (Lipinski definition) is 2. The zero-order valence-corrected chi connectivity index (χ0v) is 16.2. The minimum atomic E-state index is -4.10. The number of alkyl halides is 3. The molecule has 2 rings (SSSR count). The van der Waals surface area contributed by atoms with E-state index in [1.54, 1.807) is 18.4 Å². The maximum Gasteiger partial charge on any atom is 0.401 e. The summed E-state index contributed by atoms with van der Waals surface area (Å²) in [6.07, 6.45) is -0.566. The van der Waals surface area contributed by atoms with Crippen molar-refractivity contribution in [1.29, 1.82) is 0 Å². The maximum atomic E-state index is 12.4. The Labute approximate surface area is 157 Å². The SMILES string of the molecule is CCc1nc(CNC(=NC)NCCC2CCN(CC(F)(F)F)CC2)cs1. The lowest BCUT2D eigenvalue weighted by atomic mass is 9.93. The van der Waals surface area contributed by atoms with Gasteiger partial charge in [-0.1, -0.05) is 6.92 Å². The van der Waals surface area contributed by atoms with Crippen molar-refractivity contribution in [1.82, 2.24) is 20.5 Å². The summed E-state index contributed by atoms with van der Waals surface area (Å²) in [5, 5.41) is 9.70. The lowest BCUT2D eigenvalue weighted by Crippen LogP contribution is -2.41. The van der Waals surface area contributed by atoms with Crippen molar-refractivity contribution in [2.45, 2.75) is 45.3 Å². The van der Waals surface area contributed by atoms with E-state index in [-0.39, 0.29) is 0 Å². The third-order valence-corrected chi connectivity index (χ3v) is 5.56. The first kappa shape index (κ1) is 21.0. The molecule has 0 aromatic carbocycles. The molecule has 5 nitrogen and oxygen atoms in total. The minimum absolute atomic E-state index is 0.468. The molecule has 0 spiro atoms. The highest BCUT2D eigenvalue weighted by molar-refractivity contribution is 7.09. The summed E-state index contributed by atoms with van der Waals surface area (Å²) in [5.41, 5.74) is 1.01. The fraction of sp³-hybridized carbons (Fsp3) is 0.765. The molecule has 1 aliphatic rings. The lowest BCUT2D eigenvalue weighted by Gasteiger charge is -2.32. The van der Waals surface area contributed by atoms with Crippen LogP contribution in [0.1, 0.15) is 36.9 Å². The largest absolute Gasteiger partial charge is 0.401 e. The lowest BCUT2D eigenvalue weighted by molar-refractivity contribution is -0.148. The molecule has 0 atom stereocenters. The highest BCUT2D eigenvalue weighted by atomic mass is 32.1. The second kappa shape index (κ2) is 10.1. The molecule has 2 heterocycles. The third kappa shape index (κ3) is 7.49. The second-order valence-electron chi connectivity index (χ2n) is 6.56. The van der Waals surface area contributed by atoms with Gasteiger partial charge in [-0.25, -0.2) is 4.98 Å². The van der Waals surface area contributed by atoms with Crippen LogP contribution in [0.4, 0.5) is 13.2 Å². The zero-order chi connectivity index (χ0) is 19.0. The number of hydrogen-bond acceptors (Lipinski definition) is 4. The van der Waals surface area contributed by atoms with E-state index in [0.717, 1.165) is 48.9 Å². The van der Waals surface area contributed by atoms with Crippen LogP contribution >= 0.6 is 11.3 Å². The Morgan fingerprint density at radius 2 is 2.08 bits per heavy atom. The Kier molecular flexibility index (Phi) is 8.15. The van der Waals surface area contributed by atoms with Gasteiger partial charge in [0.05, 0.1) is 23.8 Å². The van der Waals surface area contributed by atoms with Crippen molar-refractivity contribution < 1.29 is 13.2 Å². The number of likely N-dealkylation sites (tertiary alicyclic amines) is 1. The summed E-state index contributed by atoms with van der Waals surface area (Å²) in [6, 6.07) is 0. The van der Waals surface area contributed by atoms with E-state index in [1.807, 2.05) is 5.38 Å². The van der Waals surface area contributed by atoms with Gasteiger partial charge in [0.2, 0.25) is 0 Å². The molecule has 0 aliphatic carbocycles. The summed E-state index contributed by atoms with van der Waals surface area (Å²) in [4.78, 5) is 10.2. The molecule has 26 heavy (non-hydrogen) atoms. The summed E-state index contributed by atoms with van der Waals surface area (Å²) >= 11 is 1.66. The van der Waals surface area contributed by atoms with Crippen LogP contribution in [0.3, 0.4) is 0 Å². The van der Waals surface area contributed by atoms with Gasteiger partial charge in [-0.3, -0.25) is 9.89 Å². The molecule has 9 heteroatoms. The molecule has 0 unspecified atom stereocenters. The Hall–Kier alpha value is -1.35. The maximum absolute atomic E-state index is 12.4. The number of nitrogens with zero attached hydrogens (tertiary/aromatic N) is 3. The van der Waals surface area contributed by atoms with Gasteiger partial charge >= 0.3 is 6.18 Å². The van der Waals surface area contributed by atoms with E-state index in [0.29, 0.717) is 25.6 Å². The van der Waals surface area contributed by atoms with E-state index in [2.05, 4.69) is 27.5 Å². The highest BCUT2D eigenvalue weighted by Gasteiger charge is 2.32. The normalized spacial score (nSPS) is 17.5. The van der Waals surface area contributed by atoms with Gasteiger partial charge in [0, 0.05) is 19.0 Å². The molecule has 0 saturated carbocycles. The molecule has 1 fully saturated rings. The van der Waals surface area contributed by atoms with Gasteiger partial charge in [0.1, 0.15) is 0 Å². The zero-order valence-electron chi connectivity index (χ0n) is 15.4. The van der Waals surface area contributed by atoms with Crippen molar-refractivity contribution in [3.63, 3.8) is 0 Å².